The molecule has 0 aliphatic heterocycles. The molecule has 1 aromatic heterocycles. The standard InChI is InChI=1S/C4H3Cl5N4/c1-2-10-11-12-13(2)4(8,9)3(5,6)7/h1H3. The Labute approximate surface area is 99.0 Å². The highest BCUT2D eigenvalue weighted by Gasteiger charge is 2.49. The lowest BCUT2D eigenvalue weighted by atomic mass is 10.6. The predicted molar refractivity (Wildman–Crippen MR) is 52.5 cm³/mol. The van der Waals surface area contributed by atoms with Crippen molar-refractivity contribution in [3.63, 3.8) is 0 Å². The van der Waals surface area contributed by atoms with Gasteiger partial charge in [-0.05, 0) is 17.4 Å². The van der Waals surface area contributed by atoms with E-state index in [0.29, 0.717) is 5.82 Å². The fraction of sp³-hybridized carbons (Fsp3) is 0.750. The summed E-state index contributed by atoms with van der Waals surface area (Å²) < 4.78 is -2.73. The van der Waals surface area contributed by atoms with Crippen LogP contribution in [-0.4, -0.2) is 24.0 Å². The first kappa shape index (κ1) is 11.6. The summed E-state index contributed by atoms with van der Waals surface area (Å²) in [5.41, 5.74) is 0. The van der Waals surface area contributed by atoms with Crippen LogP contribution in [0.25, 0.3) is 0 Å². The van der Waals surface area contributed by atoms with Crippen LogP contribution in [0.2, 0.25) is 0 Å². The Balaban J connectivity index is 3.15. The van der Waals surface area contributed by atoms with Gasteiger partial charge in [0.2, 0.25) is 3.79 Å². The van der Waals surface area contributed by atoms with Crippen molar-refractivity contribution in [2.24, 2.45) is 0 Å². The average Bonchev–Trinajstić information content (AvgIpc) is 2.32. The summed E-state index contributed by atoms with van der Waals surface area (Å²) in [4.78, 5) is 0. The number of aryl methyl sites for hydroxylation is 1. The fourth-order valence-electron chi connectivity index (χ4n) is 0.611. The summed E-state index contributed by atoms with van der Waals surface area (Å²) in [6.45, 7) is 1.58. The maximum atomic E-state index is 5.77. The normalized spacial score (nSPS) is 13.4. The van der Waals surface area contributed by atoms with Gasteiger partial charge in [0.25, 0.3) is 4.46 Å². The van der Waals surface area contributed by atoms with Crippen molar-refractivity contribution in [3.05, 3.63) is 5.82 Å². The maximum absolute atomic E-state index is 5.77. The molecule has 0 radical (unpaired) electrons. The van der Waals surface area contributed by atoms with Crippen LogP contribution < -0.4 is 0 Å². The van der Waals surface area contributed by atoms with E-state index in [4.69, 9.17) is 58.0 Å². The molecular weight excluding hydrogens is 281 g/mol. The molecule has 13 heavy (non-hydrogen) atoms. The van der Waals surface area contributed by atoms with Gasteiger partial charge in [0, 0.05) is 0 Å². The minimum Gasteiger partial charge on any atom is -0.190 e. The molecule has 1 heterocycles. The number of halogens is 5. The van der Waals surface area contributed by atoms with Crippen LogP contribution in [0.1, 0.15) is 5.82 Å². The van der Waals surface area contributed by atoms with Gasteiger partial charge in [-0.2, -0.15) is 4.68 Å². The molecule has 74 valence electrons. The SMILES string of the molecule is Cc1nnnn1C(Cl)(Cl)C(Cl)(Cl)Cl. The van der Waals surface area contributed by atoms with Crippen molar-refractivity contribution in [1.29, 1.82) is 0 Å². The topological polar surface area (TPSA) is 43.6 Å². The van der Waals surface area contributed by atoms with Crippen LogP contribution in [-0.2, 0) is 4.46 Å². The lowest BCUT2D eigenvalue weighted by Crippen LogP contribution is -2.36. The largest absolute Gasteiger partial charge is 0.259 e. The lowest BCUT2D eigenvalue weighted by Gasteiger charge is -2.26. The van der Waals surface area contributed by atoms with Gasteiger partial charge in [-0.25, -0.2) is 0 Å². The van der Waals surface area contributed by atoms with E-state index in [2.05, 4.69) is 15.5 Å². The summed E-state index contributed by atoms with van der Waals surface area (Å²) in [5.74, 6) is 0.344. The van der Waals surface area contributed by atoms with Crippen LogP contribution in [0.3, 0.4) is 0 Å². The molecule has 0 unspecified atom stereocenters. The summed E-state index contributed by atoms with van der Waals surface area (Å²) in [5, 5.41) is 10.4. The third kappa shape index (κ3) is 2.13. The number of hydrogen-bond acceptors (Lipinski definition) is 3. The van der Waals surface area contributed by atoms with Gasteiger partial charge in [-0.3, -0.25) is 0 Å². The van der Waals surface area contributed by atoms with E-state index < -0.39 is 8.25 Å². The van der Waals surface area contributed by atoms with Crippen LogP contribution in [0.5, 0.6) is 0 Å². The second-order valence-electron chi connectivity index (χ2n) is 2.18. The van der Waals surface area contributed by atoms with Crippen molar-refractivity contribution in [1.82, 2.24) is 20.2 Å². The molecule has 0 saturated heterocycles. The molecule has 0 bridgehead atoms. The molecule has 0 saturated carbocycles. The summed E-state index contributed by atoms with van der Waals surface area (Å²) >= 11 is 28.2. The van der Waals surface area contributed by atoms with E-state index in [1.807, 2.05) is 0 Å². The van der Waals surface area contributed by atoms with Crippen molar-refractivity contribution in [2.45, 2.75) is 15.2 Å². The molecule has 0 aliphatic carbocycles. The number of nitrogens with zero attached hydrogens (tertiary/aromatic N) is 4. The first-order chi connectivity index (χ1) is 5.77. The van der Waals surface area contributed by atoms with Crippen molar-refractivity contribution >= 4 is 58.0 Å². The predicted octanol–water partition coefficient (Wildman–Crippen LogP) is 2.44. The van der Waals surface area contributed by atoms with E-state index >= 15 is 0 Å². The van der Waals surface area contributed by atoms with Gasteiger partial charge in [0.15, 0.2) is 5.82 Å². The molecule has 0 aliphatic rings. The molecule has 0 amide bonds. The van der Waals surface area contributed by atoms with E-state index in [1.54, 1.807) is 6.92 Å². The molecule has 0 fully saturated rings. The summed E-state index contributed by atoms with van der Waals surface area (Å²) in [7, 11) is 0. The number of hydrogen-bond donors (Lipinski definition) is 0. The third-order valence-corrected chi connectivity index (χ3v) is 3.52. The van der Waals surface area contributed by atoms with E-state index in [1.165, 1.54) is 0 Å². The minimum absolute atomic E-state index is 0.344. The first-order valence-corrected chi connectivity index (χ1v) is 4.86. The quantitative estimate of drug-likeness (QED) is 0.744. The van der Waals surface area contributed by atoms with Crippen molar-refractivity contribution in [2.75, 3.05) is 0 Å². The highest BCUT2D eigenvalue weighted by Crippen LogP contribution is 2.49. The summed E-state index contributed by atoms with van der Waals surface area (Å²) in [6, 6.07) is 0. The van der Waals surface area contributed by atoms with Crippen LogP contribution >= 0.6 is 58.0 Å². The molecule has 1 aromatic rings. The monoisotopic (exact) mass is 282 g/mol. The van der Waals surface area contributed by atoms with Crippen molar-refractivity contribution < 1.29 is 0 Å². The maximum Gasteiger partial charge on any atom is 0.259 e. The first-order valence-electron chi connectivity index (χ1n) is 2.97. The van der Waals surface area contributed by atoms with Gasteiger partial charge in [0.05, 0.1) is 0 Å². The zero-order valence-corrected chi connectivity index (χ0v) is 9.96. The van der Waals surface area contributed by atoms with Crippen LogP contribution in [0, 0.1) is 6.92 Å². The Morgan fingerprint density at radius 1 is 1.15 bits per heavy atom. The second-order valence-corrected chi connectivity index (χ2v) is 5.75. The van der Waals surface area contributed by atoms with Gasteiger partial charge in [0.1, 0.15) is 0 Å². The zero-order valence-electron chi connectivity index (χ0n) is 6.18. The van der Waals surface area contributed by atoms with Crippen LogP contribution in [0.15, 0.2) is 0 Å². The fourth-order valence-corrected chi connectivity index (χ4v) is 1.16. The van der Waals surface area contributed by atoms with Crippen molar-refractivity contribution in [3.8, 4) is 0 Å². The Morgan fingerprint density at radius 2 is 1.69 bits per heavy atom. The minimum atomic E-state index is -1.92. The van der Waals surface area contributed by atoms with Gasteiger partial charge >= 0.3 is 0 Å². The van der Waals surface area contributed by atoms with Crippen LogP contribution in [0.4, 0.5) is 0 Å². The smallest absolute Gasteiger partial charge is 0.190 e. The molecule has 1 rings (SSSR count). The molecule has 9 heteroatoms. The number of rotatable bonds is 1. The van der Waals surface area contributed by atoms with Gasteiger partial charge in [-0.1, -0.05) is 58.0 Å². The number of aromatic nitrogens is 4. The third-order valence-electron chi connectivity index (χ3n) is 1.23. The lowest BCUT2D eigenvalue weighted by molar-refractivity contribution is 0.508. The van der Waals surface area contributed by atoms with Gasteiger partial charge < -0.3 is 0 Å². The van der Waals surface area contributed by atoms with E-state index in [-0.39, 0.29) is 0 Å². The Bertz CT molecular complexity index is 302. The molecule has 0 N–H and O–H groups in total. The highest BCUT2D eigenvalue weighted by atomic mass is 35.6. The molecule has 0 spiro atoms. The molecule has 0 aromatic carbocycles. The molecule has 0 atom stereocenters. The summed E-state index contributed by atoms with van der Waals surface area (Å²) in [6.07, 6.45) is 0. The second kappa shape index (κ2) is 3.59. The van der Waals surface area contributed by atoms with Gasteiger partial charge in [-0.15, -0.1) is 5.10 Å². The van der Waals surface area contributed by atoms with E-state index in [0.717, 1.165) is 4.68 Å². The molecular formula is C4H3Cl5N4. The van der Waals surface area contributed by atoms with E-state index in [9.17, 15) is 0 Å². The number of alkyl halides is 5. The Hall–Kier alpha value is 0.520. The Morgan fingerprint density at radius 3 is 2.00 bits per heavy atom. The number of tetrazole rings is 1. The average molecular weight is 284 g/mol. The zero-order chi connectivity index (χ0) is 10.3. The Kier molecular flexibility index (Phi) is 3.20. The highest BCUT2D eigenvalue weighted by molar-refractivity contribution is 6.74. The molecule has 4 nitrogen and oxygen atoms in total.